The van der Waals surface area contributed by atoms with Crippen LogP contribution in [-0.2, 0) is 33.7 Å². The second-order valence-corrected chi connectivity index (χ2v) is 13.8. The Morgan fingerprint density at radius 2 is 1.50 bits per heavy atom. The molecular formula is C34H34Cl2SiZr. The number of benzene rings is 4. The second-order valence-electron chi connectivity index (χ2n) is 9.11. The van der Waals surface area contributed by atoms with E-state index >= 15 is 0 Å². The van der Waals surface area contributed by atoms with Gasteiger partial charge in [-0.2, -0.15) is 35.9 Å². The van der Waals surface area contributed by atoms with Gasteiger partial charge in [-0.25, -0.2) is 0 Å². The summed E-state index contributed by atoms with van der Waals surface area (Å²) in [6.45, 7) is 6.55. The van der Waals surface area contributed by atoms with Gasteiger partial charge < -0.3 is 0 Å². The summed E-state index contributed by atoms with van der Waals surface area (Å²) >= 11 is -0.826. The molecule has 4 heteroatoms. The van der Waals surface area contributed by atoms with Crippen molar-refractivity contribution in [2.45, 2.75) is 45.7 Å². The van der Waals surface area contributed by atoms with E-state index in [9.17, 15) is 0 Å². The average Bonchev–Trinajstić information content (AvgIpc) is 3.55. The molecule has 5 aromatic carbocycles. The second kappa shape index (κ2) is 17.0. The zero-order valence-corrected chi connectivity index (χ0v) is 27.4. The summed E-state index contributed by atoms with van der Waals surface area (Å²) in [5.41, 5.74) is 9.64. The quantitative estimate of drug-likeness (QED) is 0.134. The van der Waals surface area contributed by atoms with Crippen molar-refractivity contribution in [2.75, 3.05) is 0 Å². The molecule has 192 valence electrons. The van der Waals surface area contributed by atoms with Gasteiger partial charge in [-0.15, -0.1) is 40.1 Å². The van der Waals surface area contributed by atoms with Crippen LogP contribution in [0.5, 0.6) is 0 Å². The largest absolute Gasteiger partial charge is 0.179 e. The van der Waals surface area contributed by atoms with Crippen LogP contribution in [0.2, 0.25) is 13.1 Å². The van der Waals surface area contributed by atoms with Crippen LogP contribution in [0.15, 0.2) is 103 Å². The normalized spacial score (nSPS) is 10.4. The van der Waals surface area contributed by atoms with Crippen molar-refractivity contribution in [3.8, 4) is 22.3 Å². The van der Waals surface area contributed by atoms with Gasteiger partial charge in [-0.1, -0.05) is 110 Å². The van der Waals surface area contributed by atoms with Gasteiger partial charge in [-0.3, -0.25) is 0 Å². The van der Waals surface area contributed by atoms with Crippen molar-refractivity contribution in [2.24, 2.45) is 0 Å². The molecule has 0 atom stereocenters. The van der Waals surface area contributed by atoms with Crippen molar-refractivity contribution in [3.63, 3.8) is 0 Å². The first-order valence-electron chi connectivity index (χ1n) is 13.0. The van der Waals surface area contributed by atoms with E-state index in [1.54, 1.807) is 0 Å². The molecule has 0 unspecified atom stereocenters. The Balaban J connectivity index is 0.000000182. The minimum atomic E-state index is -0.826. The first-order valence-corrected chi connectivity index (χ1v) is 21.4. The summed E-state index contributed by atoms with van der Waals surface area (Å²) in [6, 6.07) is 40.1. The smallest absolute Gasteiger partial charge is 0.0253 e. The van der Waals surface area contributed by atoms with E-state index in [1.807, 2.05) is 6.07 Å². The fourth-order valence-corrected chi connectivity index (χ4v) is 4.69. The van der Waals surface area contributed by atoms with Crippen molar-refractivity contribution >= 4 is 37.3 Å². The van der Waals surface area contributed by atoms with Crippen LogP contribution >= 0.6 is 17.0 Å². The zero-order chi connectivity index (χ0) is 27.2. The van der Waals surface area contributed by atoms with Gasteiger partial charge in [0.15, 0.2) is 0 Å². The van der Waals surface area contributed by atoms with Gasteiger partial charge in [0.05, 0.1) is 0 Å². The molecule has 0 saturated heterocycles. The van der Waals surface area contributed by atoms with E-state index in [2.05, 4.69) is 123 Å². The van der Waals surface area contributed by atoms with E-state index in [1.165, 1.54) is 69.0 Å². The molecule has 1 aliphatic rings. The maximum Gasteiger partial charge on any atom is -0.0253 e. The number of hydrogen-bond acceptors (Lipinski definition) is 0. The van der Waals surface area contributed by atoms with Gasteiger partial charge in [-0.05, 0) is 18.4 Å². The van der Waals surface area contributed by atoms with Crippen molar-refractivity contribution in [1.29, 1.82) is 0 Å². The molecule has 0 spiro atoms. The number of aryl methyl sites for hydroxylation is 1. The van der Waals surface area contributed by atoms with E-state index in [0.29, 0.717) is 0 Å². The molecule has 6 rings (SSSR count). The fourth-order valence-electron chi connectivity index (χ4n) is 4.69. The van der Waals surface area contributed by atoms with Gasteiger partial charge in [0, 0.05) is 9.52 Å². The third kappa shape index (κ3) is 8.59. The minimum Gasteiger partial charge on any atom is -0.179 e. The van der Waals surface area contributed by atoms with Gasteiger partial charge >= 0.3 is 37.9 Å². The first kappa shape index (κ1) is 30.7. The van der Waals surface area contributed by atoms with E-state index in [4.69, 9.17) is 17.0 Å². The molecule has 38 heavy (non-hydrogen) atoms. The Morgan fingerprint density at radius 1 is 0.842 bits per heavy atom. The van der Waals surface area contributed by atoms with Crippen molar-refractivity contribution in [1.82, 2.24) is 0 Å². The van der Waals surface area contributed by atoms with E-state index in [0.717, 1.165) is 15.9 Å². The average molecular weight is 633 g/mol. The van der Waals surface area contributed by atoms with Gasteiger partial charge in [0.2, 0.25) is 0 Å². The maximum absolute atomic E-state index is 4.93. The topological polar surface area (TPSA) is 0 Å². The molecule has 0 bridgehead atoms. The molecule has 2 radical (unpaired) electrons. The number of hydrogen-bond donors (Lipinski definition) is 0. The summed E-state index contributed by atoms with van der Waals surface area (Å²) in [7, 11) is 11.0. The van der Waals surface area contributed by atoms with Crippen LogP contribution < -0.4 is 0 Å². The Hall–Kier alpha value is -1.83. The molecule has 0 N–H and O–H groups in total. The summed E-state index contributed by atoms with van der Waals surface area (Å²) in [5, 5.41) is 2.76. The molecule has 0 fully saturated rings. The molecule has 0 heterocycles. The molecule has 0 aliphatic heterocycles. The monoisotopic (exact) mass is 630 g/mol. The van der Waals surface area contributed by atoms with Crippen LogP contribution in [0.25, 0.3) is 33.0 Å². The summed E-state index contributed by atoms with van der Waals surface area (Å²) < 4.78 is 0. The Labute approximate surface area is 250 Å². The first-order chi connectivity index (χ1) is 18.7. The maximum atomic E-state index is 4.93. The SMILES string of the molecule is CCCCc1cc2c(-c3ccccc3)cccc2[cH-]1.C[Si]C.[Cl][Zr+2][Cl].[c-]1cccc2c1Cc1ccccc1-2. The van der Waals surface area contributed by atoms with E-state index < -0.39 is 20.8 Å². The van der Waals surface area contributed by atoms with Crippen LogP contribution in [0.4, 0.5) is 0 Å². The fraction of sp³-hybridized carbons (Fsp3) is 0.206. The van der Waals surface area contributed by atoms with Crippen molar-refractivity contribution in [3.05, 3.63) is 126 Å². The Morgan fingerprint density at radius 3 is 2.24 bits per heavy atom. The summed E-state index contributed by atoms with van der Waals surface area (Å²) in [4.78, 5) is 0. The molecule has 1 aliphatic carbocycles. The predicted octanol–water partition coefficient (Wildman–Crippen LogP) is 10.8. The van der Waals surface area contributed by atoms with Crippen molar-refractivity contribution < 1.29 is 20.8 Å². The minimum absolute atomic E-state index is 0.826. The van der Waals surface area contributed by atoms with Crippen LogP contribution in [0.1, 0.15) is 36.5 Å². The summed E-state index contributed by atoms with van der Waals surface area (Å²) in [6.07, 6.45) is 4.77. The van der Waals surface area contributed by atoms with Gasteiger partial charge in [0.25, 0.3) is 0 Å². The third-order valence-electron chi connectivity index (χ3n) is 6.33. The predicted molar refractivity (Wildman–Crippen MR) is 166 cm³/mol. The van der Waals surface area contributed by atoms with Crippen LogP contribution in [0, 0.1) is 6.07 Å². The molecule has 0 nitrogen and oxygen atoms in total. The molecular weight excluding hydrogens is 599 g/mol. The number of halogens is 2. The van der Waals surface area contributed by atoms with Gasteiger partial charge in [0.1, 0.15) is 0 Å². The Kier molecular flexibility index (Phi) is 13.7. The molecule has 0 saturated carbocycles. The molecule has 0 amide bonds. The zero-order valence-electron chi connectivity index (χ0n) is 22.4. The van der Waals surface area contributed by atoms with Crippen LogP contribution in [0.3, 0.4) is 0 Å². The number of unbranched alkanes of at least 4 members (excludes halogenated alkanes) is 1. The molecule has 5 aromatic rings. The standard InChI is InChI=1S/C19H19.C13H9.C2H6Si.2ClH.Zr/c1-2-3-8-15-13-17-11-7-12-18(19(17)14-15)16-9-5-4-6-10-16;1-3-7-12-10(5-1)9-11-6-2-4-8-13(11)12;1-3-2;;;/h4-7,9-14H,2-3,8H2,1H3;1-5,7-8H,9H2;1-2H3;2*1H;/q2*-1;;;;+4/p-2. The molecule has 0 aromatic heterocycles. The summed E-state index contributed by atoms with van der Waals surface area (Å²) in [5.74, 6) is 0. The van der Waals surface area contributed by atoms with E-state index in [-0.39, 0.29) is 0 Å². The third-order valence-corrected chi connectivity index (χ3v) is 6.33. The number of rotatable bonds is 4. The Bertz CT molecular complexity index is 1330. The number of fused-ring (bicyclic) bond motifs is 4. The van der Waals surface area contributed by atoms with Crippen LogP contribution in [-0.4, -0.2) is 9.52 Å².